The Morgan fingerprint density at radius 1 is 1.06 bits per heavy atom. The molecule has 34 heavy (non-hydrogen) atoms. The summed E-state index contributed by atoms with van der Waals surface area (Å²) in [5.41, 5.74) is 1.56. The molecule has 9 heteroatoms. The van der Waals surface area contributed by atoms with E-state index in [-0.39, 0.29) is 11.5 Å². The fourth-order valence-corrected chi connectivity index (χ4v) is 4.69. The number of fused-ring (bicyclic) bond motifs is 1. The number of rotatable bonds is 7. The van der Waals surface area contributed by atoms with E-state index in [1.165, 1.54) is 9.56 Å². The quantitative estimate of drug-likeness (QED) is 0.392. The van der Waals surface area contributed by atoms with Gasteiger partial charge < -0.3 is 9.88 Å². The summed E-state index contributed by atoms with van der Waals surface area (Å²) in [6.45, 7) is 4.00. The molecule has 5 rings (SSSR count). The average Bonchev–Trinajstić information content (AvgIpc) is 3.62. The van der Waals surface area contributed by atoms with E-state index < -0.39 is 6.04 Å². The zero-order chi connectivity index (χ0) is 23.7. The van der Waals surface area contributed by atoms with Gasteiger partial charge in [0.1, 0.15) is 16.9 Å². The molecular formula is C25H24N6O2S. The number of aromatic nitrogens is 5. The largest absolute Gasteiger partial charge is 0.354 e. The molecule has 5 aromatic rings. The second kappa shape index (κ2) is 9.11. The number of amides is 1. The van der Waals surface area contributed by atoms with Crippen LogP contribution >= 0.6 is 11.3 Å². The van der Waals surface area contributed by atoms with Crippen LogP contribution in [0.5, 0.6) is 0 Å². The average molecular weight is 473 g/mol. The number of para-hydroxylation sites is 1. The third-order valence-electron chi connectivity index (χ3n) is 5.73. The monoisotopic (exact) mass is 472 g/mol. The van der Waals surface area contributed by atoms with Crippen molar-refractivity contribution in [2.75, 3.05) is 6.54 Å². The van der Waals surface area contributed by atoms with E-state index in [9.17, 15) is 9.59 Å². The number of carbonyl (C=O) groups is 1. The topological polar surface area (TPSA) is 86.7 Å². The van der Waals surface area contributed by atoms with Crippen LogP contribution in [-0.4, -0.2) is 36.6 Å². The van der Waals surface area contributed by atoms with Crippen LogP contribution in [-0.2, 0) is 11.2 Å². The van der Waals surface area contributed by atoms with Crippen molar-refractivity contribution >= 4 is 28.1 Å². The van der Waals surface area contributed by atoms with Crippen molar-refractivity contribution in [3.63, 3.8) is 0 Å². The smallest absolute Gasteiger partial charge is 0.280 e. The highest BCUT2D eigenvalue weighted by Gasteiger charge is 2.25. The molecule has 1 unspecified atom stereocenters. The summed E-state index contributed by atoms with van der Waals surface area (Å²) in [5.74, 6) is 0.364. The molecule has 4 heterocycles. The van der Waals surface area contributed by atoms with Gasteiger partial charge in [0.2, 0.25) is 5.91 Å². The van der Waals surface area contributed by atoms with Crippen LogP contribution in [0, 0.1) is 6.92 Å². The molecule has 0 aliphatic carbocycles. The van der Waals surface area contributed by atoms with Crippen LogP contribution in [0.1, 0.15) is 23.5 Å². The minimum Gasteiger partial charge on any atom is -0.354 e. The first-order valence-electron chi connectivity index (χ1n) is 11.1. The van der Waals surface area contributed by atoms with Gasteiger partial charge >= 0.3 is 0 Å². The summed E-state index contributed by atoms with van der Waals surface area (Å²) in [6, 6.07) is 16.7. The SMILES string of the molecule is Cc1nn(C(C)C(=O)NCCc2cccs2)c(=O)c2c(-n3cccc3)n(-c3ccccc3)nc12. The van der Waals surface area contributed by atoms with Crippen molar-refractivity contribution in [3.8, 4) is 11.5 Å². The first-order valence-corrected chi connectivity index (χ1v) is 11.9. The van der Waals surface area contributed by atoms with Crippen molar-refractivity contribution in [3.05, 3.63) is 93.3 Å². The molecule has 0 bridgehead atoms. The maximum Gasteiger partial charge on any atom is 0.280 e. The number of nitrogens with one attached hydrogen (secondary N) is 1. The third-order valence-corrected chi connectivity index (χ3v) is 6.67. The number of benzene rings is 1. The Balaban J connectivity index is 1.57. The summed E-state index contributed by atoms with van der Waals surface area (Å²) in [5, 5.41) is 14.6. The summed E-state index contributed by atoms with van der Waals surface area (Å²) in [6.07, 6.45) is 4.49. The first kappa shape index (κ1) is 21.8. The fraction of sp³-hybridized carbons (Fsp3) is 0.200. The van der Waals surface area contributed by atoms with Crippen molar-refractivity contribution in [1.82, 2.24) is 29.4 Å². The molecule has 0 spiro atoms. The van der Waals surface area contributed by atoms with Crippen molar-refractivity contribution < 1.29 is 4.79 Å². The van der Waals surface area contributed by atoms with Gasteiger partial charge in [-0.2, -0.15) is 10.2 Å². The molecule has 1 amide bonds. The highest BCUT2D eigenvalue weighted by molar-refractivity contribution is 7.09. The molecule has 0 radical (unpaired) electrons. The van der Waals surface area contributed by atoms with Gasteiger partial charge in [-0.25, -0.2) is 9.36 Å². The van der Waals surface area contributed by atoms with Crippen LogP contribution in [0.2, 0.25) is 0 Å². The molecule has 8 nitrogen and oxygen atoms in total. The number of carbonyl (C=O) groups excluding carboxylic acids is 1. The van der Waals surface area contributed by atoms with Gasteiger partial charge in [-0.05, 0) is 56.0 Å². The first-order chi connectivity index (χ1) is 16.5. The van der Waals surface area contributed by atoms with Crippen LogP contribution in [0.4, 0.5) is 0 Å². The Bertz CT molecular complexity index is 1480. The normalized spacial score (nSPS) is 12.2. The second-order valence-electron chi connectivity index (χ2n) is 8.02. The Labute approximate surface area is 200 Å². The summed E-state index contributed by atoms with van der Waals surface area (Å²) >= 11 is 1.66. The lowest BCUT2D eigenvalue weighted by Crippen LogP contribution is -2.38. The summed E-state index contributed by atoms with van der Waals surface area (Å²) < 4.78 is 4.87. The molecule has 0 aliphatic heterocycles. The Kier molecular flexibility index (Phi) is 5.85. The van der Waals surface area contributed by atoms with Crippen LogP contribution < -0.4 is 10.9 Å². The second-order valence-corrected chi connectivity index (χ2v) is 9.05. The Morgan fingerprint density at radius 2 is 1.82 bits per heavy atom. The maximum atomic E-state index is 13.7. The van der Waals surface area contributed by atoms with E-state index in [1.54, 1.807) is 22.9 Å². The summed E-state index contributed by atoms with van der Waals surface area (Å²) in [7, 11) is 0. The number of hydrogen-bond acceptors (Lipinski definition) is 5. The van der Waals surface area contributed by atoms with E-state index in [4.69, 9.17) is 5.10 Å². The molecule has 0 fully saturated rings. The van der Waals surface area contributed by atoms with Crippen molar-refractivity contribution in [2.45, 2.75) is 26.3 Å². The van der Waals surface area contributed by atoms with Gasteiger partial charge in [-0.1, -0.05) is 24.3 Å². The Hall–Kier alpha value is -3.98. The number of thiophene rings is 1. The molecule has 4 aromatic heterocycles. The van der Waals surface area contributed by atoms with Gasteiger partial charge in [0.25, 0.3) is 5.56 Å². The Morgan fingerprint density at radius 3 is 2.53 bits per heavy atom. The van der Waals surface area contributed by atoms with Crippen LogP contribution in [0.3, 0.4) is 0 Å². The zero-order valence-corrected chi connectivity index (χ0v) is 19.7. The number of nitrogens with zero attached hydrogens (tertiary/aromatic N) is 5. The molecule has 0 saturated heterocycles. The lowest BCUT2D eigenvalue weighted by Gasteiger charge is -2.15. The molecule has 172 valence electrons. The van der Waals surface area contributed by atoms with E-state index in [0.29, 0.717) is 29.0 Å². The van der Waals surface area contributed by atoms with Gasteiger partial charge in [-0.3, -0.25) is 9.59 Å². The minimum absolute atomic E-state index is 0.247. The molecule has 1 aromatic carbocycles. The van der Waals surface area contributed by atoms with E-state index in [2.05, 4.69) is 10.4 Å². The van der Waals surface area contributed by atoms with E-state index in [1.807, 2.05) is 83.9 Å². The highest BCUT2D eigenvalue weighted by Crippen LogP contribution is 2.25. The third kappa shape index (κ3) is 3.94. The molecule has 1 N–H and O–H groups in total. The molecular weight excluding hydrogens is 448 g/mol. The van der Waals surface area contributed by atoms with Gasteiger partial charge in [0, 0.05) is 23.8 Å². The summed E-state index contributed by atoms with van der Waals surface area (Å²) in [4.78, 5) is 27.8. The predicted molar refractivity (Wildman–Crippen MR) is 133 cm³/mol. The van der Waals surface area contributed by atoms with Gasteiger partial charge in [0.05, 0.1) is 11.4 Å². The van der Waals surface area contributed by atoms with E-state index >= 15 is 0 Å². The fourth-order valence-electron chi connectivity index (χ4n) is 3.98. The number of hydrogen-bond donors (Lipinski definition) is 1. The van der Waals surface area contributed by atoms with Crippen LogP contribution in [0.25, 0.3) is 22.4 Å². The zero-order valence-electron chi connectivity index (χ0n) is 18.9. The van der Waals surface area contributed by atoms with Crippen LogP contribution in [0.15, 0.2) is 77.2 Å². The highest BCUT2D eigenvalue weighted by atomic mass is 32.1. The molecule has 0 aliphatic rings. The number of aryl methyl sites for hydroxylation is 1. The lowest BCUT2D eigenvalue weighted by molar-refractivity contribution is -0.124. The van der Waals surface area contributed by atoms with Crippen molar-refractivity contribution in [1.29, 1.82) is 0 Å². The molecule has 1 atom stereocenters. The molecule has 0 saturated carbocycles. The maximum absolute atomic E-state index is 13.7. The standard InChI is InChI=1S/C25H24N6O2S/c1-17-22-21(24(29-14-6-7-15-29)31(28-22)19-9-4-3-5-10-19)25(33)30(27-17)18(2)23(32)26-13-12-20-11-8-16-34-20/h3-11,14-16,18H,12-13H2,1-2H3,(H,26,32). The minimum atomic E-state index is -0.767. The van der Waals surface area contributed by atoms with Gasteiger partial charge in [0.15, 0.2) is 5.82 Å². The van der Waals surface area contributed by atoms with E-state index in [0.717, 1.165) is 12.1 Å². The lowest BCUT2D eigenvalue weighted by atomic mass is 10.2. The predicted octanol–water partition coefficient (Wildman–Crippen LogP) is 3.66. The van der Waals surface area contributed by atoms with Gasteiger partial charge in [-0.15, -0.1) is 11.3 Å². The van der Waals surface area contributed by atoms with Crippen molar-refractivity contribution in [2.24, 2.45) is 0 Å².